The molecule has 0 N–H and O–H groups in total. The van der Waals surface area contributed by atoms with Gasteiger partial charge in [0.05, 0.1) is 0 Å². The van der Waals surface area contributed by atoms with Crippen LogP contribution in [0.5, 0.6) is 0 Å². The van der Waals surface area contributed by atoms with Gasteiger partial charge in [0.15, 0.2) is 0 Å². The number of rotatable bonds is 0. The van der Waals surface area contributed by atoms with E-state index in [2.05, 4.69) is 216 Å². The Kier molecular flexibility index (Phi) is 27.3. The maximum Gasteiger partial charge on any atom is 0.0249 e. The van der Waals surface area contributed by atoms with Gasteiger partial charge in [0.1, 0.15) is 0 Å². The fourth-order valence-corrected chi connectivity index (χ4v) is 12.4. The van der Waals surface area contributed by atoms with Crippen LogP contribution in [0.2, 0.25) is 0 Å². The quantitative estimate of drug-likeness (QED) is 0.133. The normalized spacial score (nSPS) is 9.48. The molecular formula is C128H70. The minimum Gasteiger partial charge on any atom is -0.0617 e. The molecule has 0 spiro atoms. The lowest BCUT2D eigenvalue weighted by Gasteiger charge is -1.95. The minimum atomic E-state index is 0.903. The number of aryl methyl sites for hydroxylation is 2. The zero-order chi connectivity index (χ0) is 86.9. The van der Waals surface area contributed by atoms with Gasteiger partial charge in [-0.25, -0.2) is 0 Å². The SMILES string of the molecule is Cc1ccc(C#Cc2ccc(C#Cc3ccc(C#Cc4ccc(C#Cc5ccc(C#Cc6ccc(C#Cc7ccc(C#Cc8ccc(C#Cc9ccc(C#Cc%10ccc(C#Cc%11ccc(C#Cc%12ccc(C#Cc%13ccc(C#Cc%14ccc(C#Cc%15ccc(C#Cc%16ccc(C)cc%16)cc%15)cc%14)cc%13)cc%12)cc%11)cc%10)cc9)cc8)cc7)cc6)cc5)cc4)cc3)cc2)cc1. The molecule has 0 heterocycles. The topological polar surface area (TPSA) is 0 Å². The van der Waals surface area contributed by atoms with Crippen molar-refractivity contribution in [1.29, 1.82) is 0 Å². The molecule has 0 aliphatic carbocycles. The fourth-order valence-electron chi connectivity index (χ4n) is 12.4. The maximum absolute atomic E-state index is 3.28. The van der Waals surface area contributed by atoms with Crippen molar-refractivity contribution in [3.05, 3.63) is 566 Å². The first-order valence-corrected chi connectivity index (χ1v) is 41.4. The molecule has 0 aliphatic heterocycles. The highest BCUT2D eigenvalue weighted by Gasteiger charge is 2.03. The van der Waals surface area contributed by atoms with Crippen molar-refractivity contribution in [2.75, 3.05) is 0 Å². The van der Waals surface area contributed by atoms with Gasteiger partial charge in [-0.15, -0.1) is 0 Å². The molecule has 0 heteroatoms. The minimum absolute atomic E-state index is 0.903. The van der Waals surface area contributed by atoms with E-state index >= 15 is 0 Å². The smallest absolute Gasteiger partial charge is 0.0249 e. The van der Waals surface area contributed by atoms with Crippen LogP contribution < -0.4 is 0 Å². The molecule has 0 saturated carbocycles. The van der Waals surface area contributed by atoms with Gasteiger partial charge in [0.2, 0.25) is 0 Å². The van der Waals surface area contributed by atoms with Gasteiger partial charge in [-0.3, -0.25) is 0 Å². The Morgan fingerprint density at radius 1 is 0.0703 bits per heavy atom. The van der Waals surface area contributed by atoms with Gasteiger partial charge in [0.25, 0.3) is 0 Å². The number of hydrogen-bond donors (Lipinski definition) is 0. The monoisotopic (exact) mass is 1610 g/mol. The van der Waals surface area contributed by atoms with Crippen molar-refractivity contribution < 1.29 is 0 Å². The van der Waals surface area contributed by atoms with Crippen LogP contribution in [0.1, 0.15) is 178 Å². The first-order valence-electron chi connectivity index (χ1n) is 41.4. The molecule has 0 radical (unpaired) electrons. The Hall–Kier alpha value is -19.1. The van der Waals surface area contributed by atoms with Crippen LogP contribution in [0.3, 0.4) is 0 Å². The van der Waals surface area contributed by atoms with Gasteiger partial charge in [-0.1, -0.05) is 213 Å². The Bertz CT molecular complexity index is 7200. The molecule has 0 aliphatic rings. The van der Waals surface area contributed by atoms with E-state index in [9.17, 15) is 0 Å². The Labute approximate surface area is 752 Å². The van der Waals surface area contributed by atoms with E-state index in [0.29, 0.717) is 0 Å². The summed E-state index contributed by atoms with van der Waals surface area (Å²) in [5, 5.41) is 0. The van der Waals surface area contributed by atoms with Crippen LogP contribution in [0.4, 0.5) is 0 Å². The molecule has 0 saturated heterocycles. The van der Waals surface area contributed by atoms with Crippen LogP contribution in [0.25, 0.3) is 0 Å². The molecule has 0 atom stereocenters. The van der Waals surface area contributed by atoms with E-state index in [1.807, 2.05) is 364 Å². The van der Waals surface area contributed by atoms with Crippen molar-refractivity contribution in [2.24, 2.45) is 0 Å². The Morgan fingerprint density at radius 2 is 0.109 bits per heavy atom. The lowest BCUT2D eigenvalue weighted by Crippen LogP contribution is -1.82. The molecule has 16 aromatic rings. The van der Waals surface area contributed by atoms with Gasteiger partial charge in [0, 0.05) is 167 Å². The molecule has 16 rings (SSSR count). The summed E-state index contributed by atoms with van der Waals surface area (Å²) in [5.41, 5.74) is 30.0. The zero-order valence-corrected chi connectivity index (χ0v) is 70.0. The van der Waals surface area contributed by atoms with Gasteiger partial charge in [-0.2, -0.15) is 0 Å². The van der Waals surface area contributed by atoms with Crippen LogP contribution in [0, 0.1) is 191 Å². The second-order valence-corrected chi connectivity index (χ2v) is 29.6. The average Bonchev–Trinajstić information content (AvgIpc) is 0.893. The van der Waals surface area contributed by atoms with Crippen LogP contribution in [0.15, 0.2) is 388 Å². The summed E-state index contributed by atoms with van der Waals surface area (Å²) < 4.78 is 0. The molecule has 0 fully saturated rings. The fraction of sp³-hybridized carbons (Fsp3) is 0.0156. The zero-order valence-electron chi connectivity index (χ0n) is 70.0. The first kappa shape index (κ1) is 82.6. The molecule has 128 heavy (non-hydrogen) atoms. The lowest BCUT2D eigenvalue weighted by molar-refractivity contribution is 1.46. The molecule has 0 nitrogen and oxygen atoms in total. The van der Waals surface area contributed by atoms with E-state index in [0.717, 1.165) is 167 Å². The highest BCUT2D eigenvalue weighted by molar-refractivity contribution is 5.60. The Balaban J connectivity index is 0.427. The lowest BCUT2D eigenvalue weighted by atomic mass is 10.1. The number of benzene rings is 16. The van der Waals surface area contributed by atoms with Crippen molar-refractivity contribution >= 4 is 0 Å². The molecule has 0 aromatic heterocycles. The second kappa shape index (κ2) is 42.2. The summed E-state index contributed by atoms with van der Waals surface area (Å²) in [6, 6.07) is 128. The van der Waals surface area contributed by atoms with E-state index in [-0.39, 0.29) is 0 Å². The Morgan fingerprint density at radius 3 is 0.156 bits per heavy atom. The van der Waals surface area contributed by atoms with E-state index in [4.69, 9.17) is 0 Å². The molecular weight excluding hydrogens is 1540 g/mol. The highest BCUT2D eigenvalue weighted by atomic mass is 14.1. The molecule has 582 valence electrons. The third-order valence-corrected chi connectivity index (χ3v) is 19.8. The van der Waals surface area contributed by atoms with Gasteiger partial charge in [-0.05, 0) is 378 Å². The van der Waals surface area contributed by atoms with Crippen LogP contribution in [-0.4, -0.2) is 0 Å². The van der Waals surface area contributed by atoms with E-state index < -0.39 is 0 Å². The maximum atomic E-state index is 3.28. The molecule has 0 unspecified atom stereocenters. The predicted molar refractivity (Wildman–Crippen MR) is 522 cm³/mol. The average molecular weight is 1610 g/mol. The summed E-state index contributed by atoms with van der Waals surface area (Å²) in [6.45, 7) is 4.15. The first-order chi connectivity index (χ1) is 63.0. The summed E-state index contributed by atoms with van der Waals surface area (Å²) in [6.07, 6.45) is 0. The predicted octanol–water partition coefficient (Wildman–Crippen LogP) is 23.3. The molecule has 0 bridgehead atoms. The third-order valence-electron chi connectivity index (χ3n) is 19.8. The van der Waals surface area contributed by atoms with Gasteiger partial charge >= 0.3 is 0 Å². The van der Waals surface area contributed by atoms with Crippen LogP contribution >= 0.6 is 0 Å². The van der Waals surface area contributed by atoms with E-state index in [1.165, 1.54) is 11.1 Å². The van der Waals surface area contributed by atoms with Crippen molar-refractivity contribution in [3.8, 4) is 178 Å². The largest absolute Gasteiger partial charge is 0.0617 e. The standard InChI is InChI=1S/C128H70/c1-97-3-7-99(8-4-97)11-13-101-15-19-103(20-16-101)23-25-105-27-31-107(32-28-105)35-37-109-39-43-111(44-40-109)47-49-113-51-55-115(56-52-113)59-61-117-63-67-119(68-64-117)71-73-121-75-79-123(80-76-121)83-85-125-87-91-127(92-88-125)95-96-128-93-89-126(90-94-128)86-84-124-81-77-122(78-82-124)74-72-120-69-65-118(66-70-120)62-60-116-57-53-114(54-58-116)50-48-112-45-41-110(42-46-112)38-36-108-33-29-106(30-34-108)26-24-104-21-17-102(18-22-104)14-12-100-9-5-98(2)6-10-100/h3-10,15-22,27-34,39-46,51-58,63-70,75-82,87-94H,1-2H3. The van der Waals surface area contributed by atoms with Crippen LogP contribution in [-0.2, 0) is 0 Å². The summed E-state index contributed by atoms with van der Waals surface area (Å²) >= 11 is 0. The third kappa shape index (κ3) is 25.7. The van der Waals surface area contributed by atoms with E-state index in [1.54, 1.807) is 0 Å². The van der Waals surface area contributed by atoms with Gasteiger partial charge < -0.3 is 0 Å². The highest BCUT2D eigenvalue weighted by Crippen LogP contribution is 2.17. The molecule has 0 amide bonds. The van der Waals surface area contributed by atoms with Crippen molar-refractivity contribution in [2.45, 2.75) is 13.8 Å². The summed E-state index contributed by atoms with van der Waals surface area (Å²) in [5.74, 6) is 97.9. The number of hydrogen-bond acceptors (Lipinski definition) is 0. The summed E-state index contributed by atoms with van der Waals surface area (Å²) in [4.78, 5) is 0. The van der Waals surface area contributed by atoms with Crippen molar-refractivity contribution in [3.63, 3.8) is 0 Å². The van der Waals surface area contributed by atoms with Crippen molar-refractivity contribution in [1.82, 2.24) is 0 Å². The second-order valence-electron chi connectivity index (χ2n) is 29.6. The summed E-state index contributed by atoms with van der Waals surface area (Å²) in [7, 11) is 0. The molecule has 16 aromatic carbocycles.